The maximum Gasteiger partial charge on any atom is 0.459 e. The highest BCUT2D eigenvalue weighted by atomic mass is 35.9. The van der Waals surface area contributed by atoms with Gasteiger partial charge in [-0.25, -0.2) is 0 Å². The molecule has 0 aromatic carbocycles. The van der Waals surface area contributed by atoms with E-state index in [4.69, 9.17) is 0 Å². The molecule has 0 saturated heterocycles. The summed E-state index contributed by atoms with van der Waals surface area (Å²) in [6, 6.07) is 0. The number of hydrogen-bond acceptors (Lipinski definition) is 2. The largest absolute Gasteiger partial charge is 0.459 e. The van der Waals surface area contributed by atoms with Crippen molar-refractivity contribution >= 4 is 28.6 Å². The van der Waals surface area contributed by atoms with E-state index in [0.717, 1.165) is 0 Å². The zero-order chi connectivity index (χ0) is 13.4. The Morgan fingerprint density at radius 2 is 1.38 bits per heavy atom. The third kappa shape index (κ3) is 3.94. The minimum absolute atomic E-state index is 2.52. The van der Waals surface area contributed by atoms with Gasteiger partial charge in [0.2, 0.25) is 0 Å². The first-order valence-corrected chi connectivity index (χ1v) is 6.60. The van der Waals surface area contributed by atoms with Gasteiger partial charge in [0, 0.05) is 0 Å². The summed E-state index contributed by atoms with van der Waals surface area (Å²) in [7, 11) is 0. The van der Waals surface area contributed by atoms with Crippen LogP contribution in [0, 0.1) is 0 Å². The average Bonchev–Trinajstić information content (AvgIpc) is 1.97. The summed E-state index contributed by atoms with van der Waals surface area (Å²) in [5.74, 6) is -12.0. The molecular formula is C4H2Cl2F7O2P. The third-order valence-corrected chi connectivity index (χ3v) is 2.23. The van der Waals surface area contributed by atoms with E-state index in [0.29, 0.717) is 0 Å². The molecule has 0 aliphatic carbocycles. The van der Waals surface area contributed by atoms with E-state index in [2.05, 4.69) is 27.0 Å². The molecule has 2 nitrogen and oxygen atoms in total. The Bertz CT molecular complexity index is 297. The first kappa shape index (κ1) is 16.3. The van der Waals surface area contributed by atoms with E-state index in [9.17, 15) is 35.3 Å². The van der Waals surface area contributed by atoms with Crippen LogP contribution in [0.2, 0.25) is 0 Å². The Labute approximate surface area is 93.7 Å². The van der Waals surface area contributed by atoms with Crippen LogP contribution in [0.1, 0.15) is 0 Å². The Kier molecular flexibility index (Phi) is 4.59. The molecule has 0 atom stereocenters. The third-order valence-electron chi connectivity index (χ3n) is 1.21. The highest BCUT2D eigenvalue weighted by molar-refractivity contribution is 8.05. The first-order valence-electron chi connectivity index (χ1n) is 3.17. The van der Waals surface area contributed by atoms with Crippen molar-refractivity contribution in [2.24, 2.45) is 0 Å². The van der Waals surface area contributed by atoms with E-state index in [-0.39, 0.29) is 0 Å². The molecule has 0 bridgehead atoms. The average molecular weight is 317 g/mol. The maximum absolute atomic E-state index is 12.4. The van der Waals surface area contributed by atoms with Gasteiger partial charge in [-0.3, -0.25) is 9.09 Å². The smallest absolute Gasteiger partial charge is 0.300 e. The van der Waals surface area contributed by atoms with Gasteiger partial charge < -0.3 is 0 Å². The number of hydrogen-bond donors (Lipinski definition) is 0. The first-order chi connectivity index (χ1) is 6.71. The number of rotatable bonds is 4. The SMILES string of the molecule is O=P(Cl)(Cl)OCC(F)(F)C(F)(F)C(F)(F)F. The molecule has 0 aromatic heterocycles. The molecule has 0 unspecified atom stereocenters. The predicted molar refractivity (Wildman–Crippen MR) is 41.2 cm³/mol. The van der Waals surface area contributed by atoms with Crippen LogP contribution in [0.3, 0.4) is 0 Å². The molecule has 12 heteroatoms. The molecular weight excluding hydrogens is 315 g/mol. The second kappa shape index (κ2) is 4.51. The molecule has 0 amide bonds. The second-order valence-electron chi connectivity index (χ2n) is 2.46. The van der Waals surface area contributed by atoms with Gasteiger partial charge in [0.15, 0.2) is 0 Å². The zero-order valence-electron chi connectivity index (χ0n) is 6.87. The predicted octanol–water partition coefficient (Wildman–Crippen LogP) is 4.42. The lowest BCUT2D eigenvalue weighted by molar-refractivity contribution is -0.358. The zero-order valence-corrected chi connectivity index (χ0v) is 9.28. The fourth-order valence-corrected chi connectivity index (χ4v) is 1.06. The molecule has 0 aliphatic rings. The molecule has 0 N–H and O–H groups in total. The highest BCUT2D eigenvalue weighted by Crippen LogP contribution is 2.59. The fourth-order valence-electron chi connectivity index (χ4n) is 0.454. The Hall–Kier alpha value is 0.280. The van der Waals surface area contributed by atoms with E-state index in [1.54, 1.807) is 0 Å². The van der Waals surface area contributed by atoms with E-state index >= 15 is 0 Å². The Morgan fingerprint density at radius 1 is 1.00 bits per heavy atom. The molecule has 0 heterocycles. The standard InChI is InChI=1S/C4H2Cl2F7O2P/c5-16(6,14)15-1-2(7,8)3(9,10)4(11,12)13/h1H2. The van der Waals surface area contributed by atoms with Gasteiger partial charge >= 0.3 is 24.1 Å². The van der Waals surface area contributed by atoms with Crippen molar-refractivity contribution in [1.29, 1.82) is 0 Å². The molecule has 0 aromatic rings. The van der Waals surface area contributed by atoms with E-state index in [1.807, 2.05) is 0 Å². The molecule has 0 saturated carbocycles. The topological polar surface area (TPSA) is 26.3 Å². The highest BCUT2D eigenvalue weighted by Gasteiger charge is 2.73. The van der Waals surface area contributed by atoms with Crippen LogP contribution in [-0.2, 0) is 9.09 Å². The summed E-state index contributed by atoms with van der Waals surface area (Å²) in [5.41, 5.74) is 0. The summed E-state index contributed by atoms with van der Waals surface area (Å²) in [4.78, 5) is 0. The van der Waals surface area contributed by atoms with Crippen molar-refractivity contribution < 1.29 is 39.8 Å². The van der Waals surface area contributed by atoms with Crippen molar-refractivity contribution in [2.75, 3.05) is 6.61 Å². The van der Waals surface area contributed by atoms with Crippen LogP contribution in [0.25, 0.3) is 0 Å². The quantitative estimate of drug-likeness (QED) is 0.567. The van der Waals surface area contributed by atoms with E-state index < -0.39 is 30.7 Å². The summed E-state index contributed by atoms with van der Waals surface area (Å²) in [6.45, 7) is -2.52. The maximum atomic E-state index is 12.4. The van der Waals surface area contributed by atoms with E-state index in [1.165, 1.54) is 0 Å². The van der Waals surface area contributed by atoms with Crippen LogP contribution in [0.15, 0.2) is 0 Å². The minimum atomic E-state index is -6.48. The van der Waals surface area contributed by atoms with Gasteiger partial charge in [0.05, 0.1) is 0 Å². The van der Waals surface area contributed by atoms with Crippen molar-refractivity contribution in [3.63, 3.8) is 0 Å². The van der Waals surface area contributed by atoms with Crippen molar-refractivity contribution in [2.45, 2.75) is 18.0 Å². The molecule has 0 radical (unpaired) electrons. The molecule has 0 fully saturated rings. The molecule has 0 spiro atoms. The van der Waals surface area contributed by atoms with Crippen molar-refractivity contribution in [1.82, 2.24) is 0 Å². The van der Waals surface area contributed by atoms with Crippen molar-refractivity contribution in [3.8, 4) is 0 Å². The van der Waals surface area contributed by atoms with Gasteiger partial charge in [-0.15, -0.1) is 0 Å². The Morgan fingerprint density at radius 3 is 1.62 bits per heavy atom. The van der Waals surface area contributed by atoms with Crippen molar-refractivity contribution in [3.05, 3.63) is 0 Å². The molecule has 0 rings (SSSR count). The lowest BCUT2D eigenvalue weighted by Gasteiger charge is -2.27. The van der Waals surface area contributed by atoms with Gasteiger partial charge in [0.25, 0.3) is 0 Å². The van der Waals surface area contributed by atoms with Gasteiger partial charge in [-0.1, -0.05) is 0 Å². The van der Waals surface area contributed by atoms with Crippen LogP contribution >= 0.6 is 28.6 Å². The lowest BCUT2D eigenvalue weighted by atomic mass is 10.2. The van der Waals surface area contributed by atoms with Crippen LogP contribution in [0.4, 0.5) is 30.7 Å². The molecule has 0 aliphatic heterocycles. The van der Waals surface area contributed by atoms with Gasteiger partial charge in [0.1, 0.15) is 6.61 Å². The lowest BCUT2D eigenvalue weighted by Crippen LogP contribution is -2.54. The molecule has 98 valence electrons. The van der Waals surface area contributed by atoms with Gasteiger partial charge in [-0.2, -0.15) is 30.7 Å². The van der Waals surface area contributed by atoms with Crippen LogP contribution in [0.5, 0.6) is 0 Å². The van der Waals surface area contributed by atoms with Gasteiger partial charge in [-0.05, 0) is 22.5 Å². The molecule has 16 heavy (non-hydrogen) atoms. The monoisotopic (exact) mass is 316 g/mol. The Balaban J connectivity index is 4.86. The summed E-state index contributed by atoms with van der Waals surface area (Å²) >= 11 is 9.09. The number of alkyl halides is 7. The summed E-state index contributed by atoms with van der Waals surface area (Å²) < 4.78 is 97.3. The fraction of sp³-hybridized carbons (Fsp3) is 1.00. The minimum Gasteiger partial charge on any atom is -0.300 e. The summed E-state index contributed by atoms with van der Waals surface area (Å²) in [5, 5.41) is 0. The second-order valence-corrected chi connectivity index (χ2v) is 6.74. The normalized spacial score (nSPS) is 15.3. The van der Waals surface area contributed by atoms with Crippen LogP contribution in [-0.4, -0.2) is 24.6 Å². The summed E-state index contributed by atoms with van der Waals surface area (Å²) in [6.07, 6.45) is -11.1. The number of halogens is 9. The van der Waals surface area contributed by atoms with Crippen LogP contribution < -0.4 is 0 Å².